The first-order valence-electron chi connectivity index (χ1n) is 11.0. The van der Waals surface area contributed by atoms with Crippen molar-refractivity contribution in [1.29, 1.82) is 0 Å². The molecule has 4 aliphatic rings. The van der Waals surface area contributed by atoms with Crippen molar-refractivity contribution in [1.82, 2.24) is 4.90 Å². The summed E-state index contributed by atoms with van der Waals surface area (Å²) in [6.45, 7) is 3.84. The van der Waals surface area contributed by atoms with Crippen molar-refractivity contribution < 1.29 is 23.5 Å². The molecule has 32 heavy (non-hydrogen) atoms. The Labute approximate surface area is 185 Å². The molecule has 4 aliphatic heterocycles. The molecule has 2 aromatic rings. The summed E-state index contributed by atoms with van der Waals surface area (Å²) in [7, 11) is 0. The number of Topliss-reactive ketones (excluding diaryl/α,β-unsaturated/α-hetero) is 1. The zero-order chi connectivity index (χ0) is 22.2. The Kier molecular flexibility index (Phi) is 4.05. The van der Waals surface area contributed by atoms with Gasteiger partial charge in [0.1, 0.15) is 17.1 Å². The minimum Gasteiger partial charge on any atom is -0.467 e. The molecule has 1 aromatic carbocycles. The highest BCUT2D eigenvalue weighted by atomic mass is 16.5. The van der Waals surface area contributed by atoms with Gasteiger partial charge in [-0.05, 0) is 31.2 Å². The summed E-state index contributed by atoms with van der Waals surface area (Å²) in [5.74, 6) is -1.44. The molecular formula is C25H24N2O5. The normalized spacial score (nSPS) is 37.0. The molecule has 0 saturated carbocycles. The summed E-state index contributed by atoms with van der Waals surface area (Å²) in [5.41, 5.74) is 0.803. The number of amides is 2. The third-order valence-corrected chi connectivity index (χ3v) is 7.57. The molecule has 0 aliphatic carbocycles. The Bertz CT molecular complexity index is 1140. The van der Waals surface area contributed by atoms with Gasteiger partial charge in [-0.3, -0.25) is 14.4 Å². The van der Waals surface area contributed by atoms with Crippen LogP contribution in [0.2, 0.25) is 0 Å². The van der Waals surface area contributed by atoms with Crippen LogP contribution in [0.25, 0.3) is 0 Å². The second kappa shape index (κ2) is 6.65. The molecule has 3 fully saturated rings. The molecule has 3 saturated heterocycles. The predicted molar refractivity (Wildman–Crippen MR) is 114 cm³/mol. The molecule has 2 amide bonds. The van der Waals surface area contributed by atoms with Crippen molar-refractivity contribution in [2.24, 2.45) is 17.8 Å². The number of nitrogens with one attached hydrogen (secondary N) is 1. The van der Waals surface area contributed by atoms with Crippen molar-refractivity contribution in [3.63, 3.8) is 0 Å². The number of carbonyl (C=O) groups excluding carboxylic acids is 3. The number of piperidine rings is 1. The van der Waals surface area contributed by atoms with E-state index in [-0.39, 0.29) is 24.0 Å². The van der Waals surface area contributed by atoms with Crippen LogP contribution in [0, 0.1) is 24.7 Å². The molecule has 7 atom stereocenters. The number of fused-ring (bicyclic) bond motifs is 2. The maximum atomic E-state index is 13.9. The summed E-state index contributed by atoms with van der Waals surface area (Å²) in [5, 5.41) is 2.96. The molecule has 0 radical (unpaired) electrons. The lowest BCUT2D eigenvalue weighted by Crippen LogP contribution is -2.55. The predicted octanol–water partition coefficient (Wildman–Crippen LogP) is 3.03. The first-order valence-corrected chi connectivity index (χ1v) is 11.0. The summed E-state index contributed by atoms with van der Waals surface area (Å²) in [4.78, 5) is 41.9. The van der Waals surface area contributed by atoms with Gasteiger partial charge in [0.25, 0.3) is 0 Å². The highest BCUT2D eigenvalue weighted by molar-refractivity contribution is 6.00. The van der Waals surface area contributed by atoms with E-state index < -0.39 is 41.5 Å². The molecule has 1 aromatic heterocycles. The van der Waals surface area contributed by atoms with Crippen LogP contribution < -0.4 is 5.32 Å². The molecule has 6 rings (SSSR count). The molecule has 5 heterocycles. The number of rotatable bonds is 3. The zero-order valence-corrected chi connectivity index (χ0v) is 17.9. The van der Waals surface area contributed by atoms with Gasteiger partial charge in [0.05, 0.1) is 36.3 Å². The Morgan fingerprint density at radius 3 is 2.69 bits per heavy atom. The van der Waals surface area contributed by atoms with E-state index in [2.05, 4.69) is 5.32 Å². The van der Waals surface area contributed by atoms with Crippen LogP contribution in [-0.4, -0.2) is 40.2 Å². The van der Waals surface area contributed by atoms with Crippen molar-refractivity contribution in [3.05, 3.63) is 66.1 Å². The second-order valence-electron chi connectivity index (χ2n) is 9.33. The van der Waals surface area contributed by atoms with E-state index in [4.69, 9.17) is 9.15 Å². The highest BCUT2D eigenvalue weighted by Crippen LogP contribution is 2.59. The van der Waals surface area contributed by atoms with Crippen molar-refractivity contribution in [3.8, 4) is 0 Å². The summed E-state index contributed by atoms with van der Waals surface area (Å²) >= 11 is 0. The number of hydrogen-bond donors (Lipinski definition) is 1. The summed E-state index contributed by atoms with van der Waals surface area (Å²) in [6.07, 6.45) is 5.05. The third kappa shape index (κ3) is 2.48. The van der Waals surface area contributed by atoms with Gasteiger partial charge in [-0.2, -0.15) is 0 Å². The van der Waals surface area contributed by atoms with Crippen LogP contribution >= 0.6 is 0 Å². The van der Waals surface area contributed by atoms with Crippen molar-refractivity contribution in [2.75, 3.05) is 5.32 Å². The average molecular weight is 432 g/mol. The Balaban J connectivity index is 1.38. The molecule has 164 valence electrons. The van der Waals surface area contributed by atoms with E-state index >= 15 is 0 Å². The molecule has 0 unspecified atom stereocenters. The van der Waals surface area contributed by atoms with E-state index in [1.54, 1.807) is 23.3 Å². The number of carbonyl (C=O) groups is 3. The van der Waals surface area contributed by atoms with Gasteiger partial charge in [0, 0.05) is 18.0 Å². The highest BCUT2D eigenvalue weighted by Gasteiger charge is 2.74. The fourth-order valence-electron chi connectivity index (χ4n) is 6.13. The molecule has 2 bridgehead atoms. The van der Waals surface area contributed by atoms with E-state index in [9.17, 15) is 14.4 Å². The quantitative estimate of drug-likeness (QED) is 0.754. The minimum atomic E-state index is -0.975. The van der Waals surface area contributed by atoms with Gasteiger partial charge in [-0.1, -0.05) is 36.8 Å². The number of ketones is 1. The number of benzene rings is 1. The first kappa shape index (κ1) is 19.5. The number of hydrogen-bond acceptors (Lipinski definition) is 5. The number of ether oxygens (including phenoxy) is 1. The number of aryl methyl sites for hydroxylation is 1. The fourth-order valence-corrected chi connectivity index (χ4v) is 6.13. The van der Waals surface area contributed by atoms with Gasteiger partial charge < -0.3 is 19.4 Å². The molecular weight excluding hydrogens is 408 g/mol. The maximum absolute atomic E-state index is 13.9. The maximum Gasteiger partial charge on any atom is 0.231 e. The molecule has 7 heteroatoms. The Hall–Kier alpha value is -3.19. The third-order valence-electron chi connectivity index (χ3n) is 7.57. The standard InChI is InChI=1S/C25H24N2O5/c1-13-5-7-15(8-6-13)26-23(29)20-19-9-10-25(32-19)21(20)24(30)27-16(18-4-3-11-31-18)12-17(28)14(2)22(25)27/h3-11,14,16,19-22H,12H2,1-2H3,(H,26,29)/t14-,16+,19-,20-,21-,22+,25-/m0/s1. The molecule has 7 nitrogen and oxygen atoms in total. The summed E-state index contributed by atoms with van der Waals surface area (Å²) in [6, 6.07) is 10.2. The number of anilines is 1. The molecule has 1 spiro atoms. The Morgan fingerprint density at radius 2 is 1.97 bits per heavy atom. The topological polar surface area (TPSA) is 88.8 Å². The van der Waals surface area contributed by atoms with E-state index in [1.807, 2.05) is 50.3 Å². The van der Waals surface area contributed by atoms with Gasteiger partial charge in [-0.15, -0.1) is 0 Å². The SMILES string of the molecule is Cc1ccc(NC(=O)[C@H]2[C@@H]3C=C[C@]4(O3)[C@@H]2C(=O)N2[C@@H](c3ccco3)CC(=O)[C@H](C)[C@@H]24)cc1. The van der Waals surface area contributed by atoms with E-state index in [0.29, 0.717) is 11.4 Å². The smallest absolute Gasteiger partial charge is 0.231 e. The van der Waals surface area contributed by atoms with Crippen LogP contribution in [0.15, 0.2) is 59.2 Å². The van der Waals surface area contributed by atoms with Gasteiger partial charge in [-0.25, -0.2) is 0 Å². The van der Waals surface area contributed by atoms with Gasteiger partial charge in [0.2, 0.25) is 11.8 Å². The Morgan fingerprint density at radius 1 is 1.19 bits per heavy atom. The number of furan rings is 1. The second-order valence-corrected chi connectivity index (χ2v) is 9.33. The van der Waals surface area contributed by atoms with Crippen LogP contribution in [0.4, 0.5) is 5.69 Å². The minimum absolute atomic E-state index is 0.0727. The first-order chi connectivity index (χ1) is 15.4. The number of nitrogens with zero attached hydrogens (tertiary/aromatic N) is 1. The van der Waals surface area contributed by atoms with Gasteiger partial charge in [0.15, 0.2) is 0 Å². The lowest BCUT2D eigenvalue weighted by atomic mass is 9.70. The van der Waals surface area contributed by atoms with E-state index in [0.717, 1.165) is 5.56 Å². The lowest BCUT2D eigenvalue weighted by molar-refractivity contribution is -0.147. The van der Waals surface area contributed by atoms with Crippen LogP contribution in [0.1, 0.15) is 30.7 Å². The van der Waals surface area contributed by atoms with Crippen molar-refractivity contribution >= 4 is 23.3 Å². The van der Waals surface area contributed by atoms with Crippen molar-refractivity contribution in [2.45, 2.75) is 44.1 Å². The lowest BCUT2D eigenvalue weighted by Gasteiger charge is -2.43. The zero-order valence-electron chi connectivity index (χ0n) is 17.9. The largest absolute Gasteiger partial charge is 0.467 e. The molecule has 1 N–H and O–H groups in total. The monoisotopic (exact) mass is 432 g/mol. The van der Waals surface area contributed by atoms with Crippen LogP contribution in [-0.2, 0) is 19.1 Å². The van der Waals surface area contributed by atoms with E-state index in [1.165, 1.54) is 0 Å². The average Bonchev–Trinajstić information content (AvgIpc) is 3.54. The van der Waals surface area contributed by atoms with Crippen LogP contribution in [0.3, 0.4) is 0 Å². The summed E-state index contributed by atoms with van der Waals surface area (Å²) < 4.78 is 12.0. The van der Waals surface area contributed by atoms with Gasteiger partial charge >= 0.3 is 0 Å². The van der Waals surface area contributed by atoms with Crippen LogP contribution in [0.5, 0.6) is 0 Å². The fraction of sp³-hybridized carbons (Fsp3) is 0.400.